The predicted molar refractivity (Wildman–Crippen MR) is 95.6 cm³/mol. The molecule has 0 radical (unpaired) electrons. The predicted octanol–water partition coefficient (Wildman–Crippen LogP) is 3.82. The van der Waals surface area contributed by atoms with E-state index < -0.39 is 12.2 Å². The molecule has 6 atom stereocenters. The summed E-state index contributed by atoms with van der Waals surface area (Å²) >= 11 is 0. The van der Waals surface area contributed by atoms with Crippen molar-refractivity contribution in [2.24, 2.45) is 35.3 Å². The molecule has 134 valence electrons. The minimum atomic E-state index is -0.617. The Bertz CT molecular complexity index is 281. The van der Waals surface area contributed by atoms with Crippen molar-refractivity contribution >= 4 is 0 Å². The van der Waals surface area contributed by atoms with E-state index in [1.54, 1.807) is 0 Å². The summed E-state index contributed by atoms with van der Waals surface area (Å²) in [6, 6.07) is 0.260. The summed E-state index contributed by atoms with van der Waals surface area (Å²) in [4.78, 5) is 0. The van der Waals surface area contributed by atoms with Gasteiger partial charge < -0.3 is 15.9 Å². The molecular formula is C19H41NO2. The molecule has 4 N–H and O–H groups in total. The molecule has 0 aliphatic rings. The number of aliphatic hydroxyl groups excluding tert-OH is 2. The van der Waals surface area contributed by atoms with Crippen molar-refractivity contribution in [3.63, 3.8) is 0 Å². The van der Waals surface area contributed by atoms with Crippen LogP contribution < -0.4 is 5.73 Å². The van der Waals surface area contributed by atoms with E-state index in [1.165, 1.54) is 0 Å². The first kappa shape index (κ1) is 21.9. The Balaban J connectivity index is 4.10. The van der Waals surface area contributed by atoms with Crippen molar-refractivity contribution in [1.82, 2.24) is 0 Å². The van der Waals surface area contributed by atoms with Gasteiger partial charge in [0.25, 0.3) is 0 Å². The molecule has 0 spiro atoms. The second kappa shape index (κ2) is 10.6. The molecular weight excluding hydrogens is 274 g/mol. The molecule has 0 rings (SSSR count). The molecule has 22 heavy (non-hydrogen) atoms. The maximum Gasteiger partial charge on any atom is 0.0822 e. The van der Waals surface area contributed by atoms with Crippen molar-refractivity contribution in [2.45, 2.75) is 92.4 Å². The van der Waals surface area contributed by atoms with Crippen LogP contribution in [0.15, 0.2) is 0 Å². The van der Waals surface area contributed by atoms with Crippen LogP contribution in [0.3, 0.4) is 0 Å². The summed E-state index contributed by atoms with van der Waals surface area (Å²) in [6.07, 6.45) is 2.68. The second-order valence-corrected chi connectivity index (χ2v) is 8.32. The van der Waals surface area contributed by atoms with E-state index in [9.17, 15) is 10.2 Å². The molecule has 0 heterocycles. The largest absolute Gasteiger partial charge is 0.390 e. The van der Waals surface area contributed by atoms with E-state index in [2.05, 4.69) is 34.6 Å². The van der Waals surface area contributed by atoms with Gasteiger partial charge in [0.05, 0.1) is 12.2 Å². The average molecular weight is 316 g/mol. The molecule has 5 unspecified atom stereocenters. The van der Waals surface area contributed by atoms with Gasteiger partial charge in [-0.25, -0.2) is 0 Å². The Labute approximate surface area is 138 Å². The van der Waals surface area contributed by atoms with Crippen molar-refractivity contribution in [3.8, 4) is 0 Å². The van der Waals surface area contributed by atoms with Crippen LogP contribution in [0, 0.1) is 29.6 Å². The zero-order chi connectivity index (χ0) is 17.4. The van der Waals surface area contributed by atoms with Crippen molar-refractivity contribution in [1.29, 1.82) is 0 Å². The summed E-state index contributed by atoms with van der Waals surface area (Å²) in [5, 5.41) is 19.9. The van der Waals surface area contributed by atoms with E-state index in [-0.39, 0.29) is 12.0 Å². The first-order valence-electron chi connectivity index (χ1n) is 9.17. The van der Waals surface area contributed by atoms with E-state index in [4.69, 9.17) is 5.73 Å². The minimum Gasteiger partial charge on any atom is -0.390 e. The molecule has 0 aromatic carbocycles. The highest BCUT2D eigenvalue weighted by molar-refractivity contribution is 4.76. The standard InChI is InChI=1S/C19H41NO2/c1-12(2)16(7)11-17(20)15(6)9-8-14(5)10-18(21)19(22)13(3)4/h12-19,21-22H,8-11,20H2,1-7H3/t14?,15?,16?,17-,18?,19?/m0/s1. The highest BCUT2D eigenvalue weighted by Crippen LogP contribution is 2.24. The van der Waals surface area contributed by atoms with Gasteiger partial charge in [0.1, 0.15) is 0 Å². The van der Waals surface area contributed by atoms with Gasteiger partial charge >= 0.3 is 0 Å². The fourth-order valence-corrected chi connectivity index (χ4v) is 2.81. The molecule has 0 saturated heterocycles. The quantitative estimate of drug-likeness (QED) is 0.543. The van der Waals surface area contributed by atoms with Crippen LogP contribution >= 0.6 is 0 Å². The van der Waals surface area contributed by atoms with Crippen LogP contribution in [-0.4, -0.2) is 28.5 Å². The maximum absolute atomic E-state index is 10.0. The summed E-state index contributed by atoms with van der Waals surface area (Å²) in [5.41, 5.74) is 6.34. The van der Waals surface area contributed by atoms with Crippen LogP contribution in [0.5, 0.6) is 0 Å². The zero-order valence-corrected chi connectivity index (χ0v) is 15.9. The summed E-state index contributed by atoms with van der Waals surface area (Å²) in [7, 11) is 0. The lowest BCUT2D eigenvalue weighted by atomic mass is 9.83. The van der Waals surface area contributed by atoms with Gasteiger partial charge in [-0.2, -0.15) is 0 Å². The summed E-state index contributed by atoms with van der Waals surface area (Å²) in [5.74, 6) is 2.38. The molecule has 0 aliphatic heterocycles. The third-order valence-electron chi connectivity index (χ3n) is 5.35. The number of hydrogen-bond acceptors (Lipinski definition) is 3. The maximum atomic E-state index is 10.0. The normalized spacial score (nSPS) is 20.7. The summed E-state index contributed by atoms with van der Waals surface area (Å²) in [6.45, 7) is 15.1. The lowest BCUT2D eigenvalue weighted by Crippen LogP contribution is -2.33. The molecule has 0 aromatic heterocycles. The molecule has 0 amide bonds. The lowest BCUT2D eigenvalue weighted by molar-refractivity contribution is -0.0199. The van der Waals surface area contributed by atoms with Crippen LogP contribution in [0.1, 0.15) is 74.1 Å². The van der Waals surface area contributed by atoms with Crippen molar-refractivity contribution < 1.29 is 10.2 Å². The van der Waals surface area contributed by atoms with Gasteiger partial charge in [0, 0.05) is 6.04 Å². The number of rotatable bonds is 11. The van der Waals surface area contributed by atoms with E-state index in [0.717, 1.165) is 19.3 Å². The Morgan fingerprint density at radius 2 is 1.27 bits per heavy atom. The van der Waals surface area contributed by atoms with Gasteiger partial charge in [-0.1, -0.05) is 54.9 Å². The third kappa shape index (κ3) is 8.50. The van der Waals surface area contributed by atoms with Gasteiger partial charge in [0.2, 0.25) is 0 Å². The topological polar surface area (TPSA) is 66.5 Å². The van der Waals surface area contributed by atoms with Gasteiger partial charge in [0.15, 0.2) is 0 Å². The van der Waals surface area contributed by atoms with Crippen LogP contribution in [0.4, 0.5) is 0 Å². The smallest absolute Gasteiger partial charge is 0.0822 e. The summed E-state index contributed by atoms with van der Waals surface area (Å²) < 4.78 is 0. The van der Waals surface area contributed by atoms with Crippen LogP contribution in [0.2, 0.25) is 0 Å². The number of hydrogen-bond donors (Lipinski definition) is 3. The van der Waals surface area contributed by atoms with Gasteiger partial charge in [-0.15, -0.1) is 0 Å². The number of aliphatic hydroxyl groups is 2. The molecule has 0 aliphatic carbocycles. The fourth-order valence-electron chi connectivity index (χ4n) is 2.81. The SMILES string of the molecule is CC(CCC(C)[C@@H](N)CC(C)C(C)C)CC(O)C(O)C(C)C. The Morgan fingerprint density at radius 3 is 1.73 bits per heavy atom. The van der Waals surface area contributed by atoms with Crippen LogP contribution in [0.25, 0.3) is 0 Å². The Hall–Kier alpha value is -0.120. The molecule has 0 aromatic rings. The van der Waals surface area contributed by atoms with Crippen molar-refractivity contribution in [2.75, 3.05) is 0 Å². The van der Waals surface area contributed by atoms with Gasteiger partial charge in [-0.05, 0) is 48.9 Å². The minimum absolute atomic E-state index is 0.104. The highest BCUT2D eigenvalue weighted by Gasteiger charge is 2.23. The monoisotopic (exact) mass is 315 g/mol. The third-order valence-corrected chi connectivity index (χ3v) is 5.35. The zero-order valence-electron chi connectivity index (χ0n) is 15.9. The molecule has 0 bridgehead atoms. The van der Waals surface area contributed by atoms with E-state index in [1.807, 2.05) is 13.8 Å². The average Bonchev–Trinajstić information content (AvgIpc) is 2.43. The first-order chi connectivity index (χ1) is 10.1. The first-order valence-corrected chi connectivity index (χ1v) is 9.17. The fraction of sp³-hybridized carbons (Fsp3) is 1.00. The number of nitrogens with two attached hydrogens (primary N) is 1. The van der Waals surface area contributed by atoms with Gasteiger partial charge in [-0.3, -0.25) is 0 Å². The van der Waals surface area contributed by atoms with Crippen LogP contribution in [-0.2, 0) is 0 Å². The van der Waals surface area contributed by atoms with E-state index in [0.29, 0.717) is 30.1 Å². The molecule has 3 nitrogen and oxygen atoms in total. The molecule has 0 saturated carbocycles. The Morgan fingerprint density at radius 1 is 0.727 bits per heavy atom. The Kier molecular flexibility index (Phi) is 10.6. The lowest BCUT2D eigenvalue weighted by Gasteiger charge is -2.27. The highest BCUT2D eigenvalue weighted by atomic mass is 16.3. The second-order valence-electron chi connectivity index (χ2n) is 8.32. The molecule has 3 heteroatoms. The molecule has 0 fully saturated rings. The van der Waals surface area contributed by atoms with E-state index >= 15 is 0 Å². The van der Waals surface area contributed by atoms with Crippen molar-refractivity contribution in [3.05, 3.63) is 0 Å².